The number of nitrogens with one attached hydrogen (secondary N) is 1. The quantitative estimate of drug-likeness (QED) is 0.611. The predicted octanol–water partition coefficient (Wildman–Crippen LogP) is 1.36. The Morgan fingerprint density at radius 3 is 2.69 bits per heavy atom. The molecule has 0 bridgehead atoms. The summed E-state index contributed by atoms with van der Waals surface area (Å²) in [6.45, 7) is -1.11. The Morgan fingerprint density at radius 2 is 2.19 bits per heavy atom. The van der Waals surface area contributed by atoms with Gasteiger partial charge in [-0.3, -0.25) is 10.4 Å². The van der Waals surface area contributed by atoms with Crippen molar-refractivity contribution in [2.24, 2.45) is 5.73 Å². The number of halogens is 3. The second-order valence-electron chi connectivity index (χ2n) is 3.26. The summed E-state index contributed by atoms with van der Waals surface area (Å²) in [5.41, 5.74) is 5.47. The Bertz CT molecular complexity index is 389. The molecule has 0 aliphatic rings. The van der Waals surface area contributed by atoms with Crippen molar-refractivity contribution < 1.29 is 13.2 Å². The molecule has 0 aromatic carbocycles. The number of hydrogen-bond donors (Lipinski definition) is 2. The molecule has 1 aromatic heterocycles. The van der Waals surface area contributed by atoms with Crippen LogP contribution in [-0.4, -0.2) is 30.6 Å². The minimum absolute atomic E-state index is 0.0502. The van der Waals surface area contributed by atoms with Crippen LogP contribution >= 0.6 is 0 Å². The zero-order valence-corrected chi connectivity index (χ0v) is 8.54. The predicted molar refractivity (Wildman–Crippen MR) is 54.6 cm³/mol. The highest BCUT2D eigenvalue weighted by Gasteiger charge is 2.30. The Hall–Kier alpha value is -1.79. The van der Waals surface area contributed by atoms with Crippen LogP contribution in [0.15, 0.2) is 18.3 Å². The third kappa shape index (κ3) is 3.11. The van der Waals surface area contributed by atoms with Gasteiger partial charge in [0.15, 0.2) is 0 Å². The highest BCUT2D eigenvalue weighted by Crippen LogP contribution is 2.22. The Morgan fingerprint density at radius 1 is 1.56 bits per heavy atom. The first-order chi connectivity index (χ1) is 7.31. The molecule has 1 heterocycles. The van der Waals surface area contributed by atoms with Crippen molar-refractivity contribution in [1.82, 2.24) is 4.98 Å². The van der Waals surface area contributed by atoms with Gasteiger partial charge in [-0.2, -0.15) is 13.2 Å². The lowest BCUT2D eigenvalue weighted by atomic mass is 10.2. The Balaban J connectivity index is 2.99. The number of hydrogen-bond acceptors (Lipinski definition) is 3. The van der Waals surface area contributed by atoms with Crippen LogP contribution < -0.4 is 10.6 Å². The number of amidine groups is 1. The Kier molecular flexibility index (Phi) is 3.36. The van der Waals surface area contributed by atoms with Crippen molar-refractivity contribution >= 4 is 11.5 Å². The van der Waals surface area contributed by atoms with E-state index in [9.17, 15) is 13.2 Å². The van der Waals surface area contributed by atoms with E-state index in [-0.39, 0.29) is 17.2 Å². The second kappa shape index (κ2) is 4.38. The zero-order chi connectivity index (χ0) is 12.3. The number of rotatable bonds is 3. The molecule has 7 heteroatoms. The summed E-state index contributed by atoms with van der Waals surface area (Å²) in [5.74, 6) is -0.357. The molecule has 0 atom stereocenters. The van der Waals surface area contributed by atoms with Crippen LogP contribution in [0, 0.1) is 5.41 Å². The molecule has 0 aliphatic heterocycles. The highest BCUT2D eigenvalue weighted by atomic mass is 19.4. The van der Waals surface area contributed by atoms with Crippen molar-refractivity contribution in [1.29, 1.82) is 5.41 Å². The first-order valence-electron chi connectivity index (χ1n) is 4.38. The maximum absolute atomic E-state index is 12.2. The number of nitrogens with two attached hydrogens (primary N) is 1. The third-order valence-electron chi connectivity index (χ3n) is 1.87. The van der Waals surface area contributed by atoms with Gasteiger partial charge in [0.05, 0.1) is 5.69 Å². The molecule has 0 unspecified atom stereocenters. The van der Waals surface area contributed by atoms with Gasteiger partial charge in [-0.05, 0) is 12.1 Å². The van der Waals surface area contributed by atoms with Gasteiger partial charge in [0, 0.05) is 13.2 Å². The van der Waals surface area contributed by atoms with E-state index < -0.39 is 12.7 Å². The maximum atomic E-state index is 12.2. The number of pyridine rings is 1. The summed E-state index contributed by atoms with van der Waals surface area (Å²) in [5, 5.41) is 7.21. The van der Waals surface area contributed by atoms with Crippen molar-refractivity contribution in [3.8, 4) is 0 Å². The lowest BCUT2D eigenvalue weighted by molar-refractivity contribution is -0.119. The summed E-state index contributed by atoms with van der Waals surface area (Å²) < 4.78 is 36.5. The molecule has 0 aliphatic carbocycles. The smallest absolute Gasteiger partial charge is 0.382 e. The van der Waals surface area contributed by atoms with Crippen molar-refractivity contribution in [3.05, 3.63) is 24.0 Å². The van der Waals surface area contributed by atoms with Gasteiger partial charge in [0.25, 0.3) is 0 Å². The maximum Gasteiger partial charge on any atom is 0.405 e. The molecule has 0 fully saturated rings. The average molecular weight is 232 g/mol. The van der Waals surface area contributed by atoms with Crippen LogP contribution in [0.1, 0.15) is 5.69 Å². The van der Waals surface area contributed by atoms with Gasteiger partial charge in [-0.15, -0.1) is 0 Å². The topological polar surface area (TPSA) is 66.0 Å². The third-order valence-corrected chi connectivity index (χ3v) is 1.87. The summed E-state index contributed by atoms with van der Waals surface area (Å²) in [6.07, 6.45) is -2.93. The number of nitrogen functional groups attached to an aromatic ring is 1. The molecule has 0 saturated carbocycles. The largest absolute Gasteiger partial charge is 0.405 e. The van der Waals surface area contributed by atoms with Gasteiger partial charge in [-0.1, -0.05) is 0 Å². The van der Waals surface area contributed by atoms with Crippen LogP contribution in [0.4, 0.5) is 18.9 Å². The van der Waals surface area contributed by atoms with Crippen LogP contribution in [0.5, 0.6) is 0 Å². The van der Waals surface area contributed by atoms with Gasteiger partial charge in [0.1, 0.15) is 18.1 Å². The second-order valence-corrected chi connectivity index (χ2v) is 3.26. The monoisotopic (exact) mass is 232 g/mol. The van der Waals surface area contributed by atoms with Gasteiger partial charge < -0.3 is 10.6 Å². The first kappa shape index (κ1) is 12.3. The highest BCUT2D eigenvalue weighted by molar-refractivity contribution is 5.98. The summed E-state index contributed by atoms with van der Waals surface area (Å²) in [4.78, 5) is 4.73. The molecule has 0 amide bonds. The van der Waals surface area contributed by atoms with Crippen LogP contribution in [-0.2, 0) is 0 Å². The number of alkyl halides is 3. The summed E-state index contributed by atoms with van der Waals surface area (Å²) in [6, 6.07) is 2.93. The van der Waals surface area contributed by atoms with Crippen molar-refractivity contribution in [3.63, 3.8) is 0 Å². The van der Waals surface area contributed by atoms with Gasteiger partial charge >= 0.3 is 6.18 Å². The molecule has 0 radical (unpaired) electrons. The fourth-order valence-corrected chi connectivity index (χ4v) is 1.27. The van der Waals surface area contributed by atoms with E-state index in [1.807, 2.05) is 0 Å². The SMILES string of the molecule is CN(CC(F)(F)F)c1cccnc1C(=N)N. The number of nitrogens with zero attached hydrogens (tertiary/aromatic N) is 2. The fourth-order valence-electron chi connectivity index (χ4n) is 1.27. The molecule has 0 saturated heterocycles. The van der Waals surface area contributed by atoms with Gasteiger partial charge in [0.2, 0.25) is 0 Å². The van der Waals surface area contributed by atoms with Crippen LogP contribution in [0.3, 0.4) is 0 Å². The number of aromatic nitrogens is 1. The molecule has 1 rings (SSSR count). The van der Waals surface area contributed by atoms with E-state index in [1.165, 1.54) is 25.4 Å². The minimum Gasteiger partial charge on any atom is -0.382 e. The molecule has 0 spiro atoms. The van der Waals surface area contributed by atoms with Crippen molar-refractivity contribution in [2.75, 3.05) is 18.5 Å². The van der Waals surface area contributed by atoms with E-state index in [0.29, 0.717) is 0 Å². The number of anilines is 1. The first-order valence-corrected chi connectivity index (χ1v) is 4.38. The summed E-state index contributed by atoms with van der Waals surface area (Å²) in [7, 11) is 1.27. The molecular formula is C9H11F3N4. The average Bonchev–Trinajstić information content (AvgIpc) is 2.15. The molecule has 3 N–H and O–H groups in total. The van der Waals surface area contributed by atoms with E-state index in [0.717, 1.165) is 4.90 Å². The van der Waals surface area contributed by atoms with E-state index in [2.05, 4.69) is 4.98 Å². The lowest BCUT2D eigenvalue weighted by Gasteiger charge is -2.22. The molecule has 88 valence electrons. The molecule has 4 nitrogen and oxygen atoms in total. The standard InChI is InChI=1S/C9H11F3N4/c1-16(5-9(10,11)12)6-3-2-4-15-7(6)8(13)14/h2-4H,5H2,1H3,(H3,13,14). The molecule has 16 heavy (non-hydrogen) atoms. The van der Waals surface area contributed by atoms with E-state index in [4.69, 9.17) is 11.1 Å². The van der Waals surface area contributed by atoms with E-state index in [1.54, 1.807) is 0 Å². The normalized spacial score (nSPS) is 11.2. The zero-order valence-electron chi connectivity index (χ0n) is 8.54. The lowest BCUT2D eigenvalue weighted by Crippen LogP contribution is -2.32. The van der Waals surface area contributed by atoms with Crippen LogP contribution in [0.2, 0.25) is 0 Å². The molecular weight excluding hydrogens is 221 g/mol. The van der Waals surface area contributed by atoms with Gasteiger partial charge in [-0.25, -0.2) is 0 Å². The Labute approximate surface area is 90.4 Å². The molecule has 1 aromatic rings. The van der Waals surface area contributed by atoms with E-state index >= 15 is 0 Å². The van der Waals surface area contributed by atoms with Crippen molar-refractivity contribution in [2.45, 2.75) is 6.18 Å². The van der Waals surface area contributed by atoms with Crippen LogP contribution in [0.25, 0.3) is 0 Å². The minimum atomic E-state index is -4.31. The summed E-state index contributed by atoms with van der Waals surface area (Å²) >= 11 is 0. The fraction of sp³-hybridized carbons (Fsp3) is 0.333.